The Morgan fingerprint density at radius 2 is 1.89 bits per heavy atom. The molecule has 0 bridgehead atoms. The van der Waals surface area contributed by atoms with E-state index in [0.29, 0.717) is 12.5 Å². The van der Waals surface area contributed by atoms with Crippen LogP contribution in [0, 0.1) is 0 Å². The first-order valence-electron chi connectivity index (χ1n) is 7.83. The Bertz CT molecular complexity index is 290. The lowest BCUT2D eigenvalue weighted by molar-refractivity contribution is -0.137. The van der Waals surface area contributed by atoms with Crippen LogP contribution in [0.15, 0.2) is 0 Å². The molecule has 1 saturated carbocycles. The van der Waals surface area contributed by atoms with Gasteiger partial charge in [0, 0.05) is 25.0 Å². The Morgan fingerprint density at radius 3 is 2.58 bits per heavy atom. The van der Waals surface area contributed by atoms with Crippen LogP contribution in [0.1, 0.15) is 51.4 Å². The van der Waals surface area contributed by atoms with Gasteiger partial charge in [-0.1, -0.05) is 19.3 Å². The molecule has 0 aromatic rings. The molecule has 2 rings (SSSR count). The van der Waals surface area contributed by atoms with Gasteiger partial charge in [0.1, 0.15) is 0 Å². The molecule has 1 heterocycles. The molecule has 19 heavy (non-hydrogen) atoms. The number of carbonyl (C=O) groups is 1. The molecule has 4 nitrogen and oxygen atoms in total. The van der Waals surface area contributed by atoms with Crippen LogP contribution >= 0.6 is 0 Å². The first-order valence-corrected chi connectivity index (χ1v) is 7.83. The van der Waals surface area contributed by atoms with E-state index in [1.165, 1.54) is 45.1 Å². The number of carboxylic acid groups (broad SMARTS) is 1. The van der Waals surface area contributed by atoms with Gasteiger partial charge in [-0.05, 0) is 45.8 Å². The highest BCUT2D eigenvalue weighted by Crippen LogP contribution is 2.25. The number of hydrogen-bond acceptors (Lipinski definition) is 3. The molecule has 0 radical (unpaired) electrons. The zero-order valence-electron chi connectivity index (χ0n) is 12.2. The van der Waals surface area contributed by atoms with E-state index in [1.807, 2.05) is 0 Å². The topological polar surface area (TPSA) is 43.8 Å². The molecular weight excluding hydrogens is 240 g/mol. The van der Waals surface area contributed by atoms with Gasteiger partial charge in [0.05, 0.1) is 0 Å². The Morgan fingerprint density at radius 1 is 1.16 bits per heavy atom. The SMILES string of the molecule is CN1CCCN(C2CCCCC2)CC1CCC(=O)O. The summed E-state index contributed by atoms with van der Waals surface area (Å²) in [4.78, 5) is 15.8. The second-order valence-electron chi connectivity index (χ2n) is 6.21. The number of rotatable bonds is 4. The molecule has 1 unspecified atom stereocenters. The van der Waals surface area contributed by atoms with Gasteiger partial charge in [-0.25, -0.2) is 0 Å². The third-order valence-corrected chi connectivity index (χ3v) is 4.81. The molecule has 2 aliphatic rings. The third-order valence-electron chi connectivity index (χ3n) is 4.81. The Balaban J connectivity index is 1.91. The maximum atomic E-state index is 10.8. The second kappa shape index (κ2) is 7.25. The Hall–Kier alpha value is -0.610. The molecule has 1 aliphatic heterocycles. The van der Waals surface area contributed by atoms with Crippen LogP contribution in [0.3, 0.4) is 0 Å². The highest BCUT2D eigenvalue weighted by Gasteiger charge is 2.28. The fourth-order valence-electron chi connectivity index (χ4n) is 3.59. The zero-order chi connectivity index (χ0) is 13.7. The van der Waals surface area contributed by atoms with Crippen molar-refractivity contribution in [2.45, 2.75) is 63.5 Å². The molecule has 0 aromatic carbocycles. The van der Waals surface area contributed by atoms with Gasteiger partial charge in [0.2, 0.25) is 0 Å². The minimum absolute atomic E-state index is 0.299. The minimum Gasteiger partial charge on any atom is -0.481 e. The van der Waals surface area contributed by atoms with Crippen LogP contribution in [0.25, 0.3) is 0 Å². The summed E-state index contributed by atoms with van der Waals surface area (Å²) in [6.07, 6.45) is 9.13. The smallest absolute Gasteiger partial charge is 0.303 e. The van der Waals surface area contributed by atoms with Crippen molar-refractivity contribution in [3.63, 3.8) is 0 Å². The summed E-state index contributed by atoms with van der Waals surface area (Å²) in [7, 11) is 2.15. The van der Waals surface area contributed by atoms with Crippen molar-refractivity contribution in [3.05, 3.63) is 0 Å². The van der Waals surface area contributed by atoms with Crippen molar-refractivity contribution in [1.29, 1.82) is 0 Å². The largest absolute Gasteiger partial charge is 0.481 e. The van der Waals surface area contributed by atoms with Gasteiger partial charge in [0.15, 0.2) is 0 Å². The van der Waals surface area contributed by atoms with Gasteiger partial charge in [0.25, 0.3) is 0 Å². The van der Waals surface area contributed by atoms with Crippen LogP contribution in [0.5, 0.6) is 0 Å². The summed E-state index contributed by atoms with van der Waals surface area (Å²) < 4.78 is 0. The monoisotopic (exact) mass is 268 g/mol. The van der Waals surface area contributed by atoms with Crippen LogP contribution in [-0.4, -0.2) is 59.6 Å². The van der Waals surface area contributed by atoms with Crippen molar-refractivity contribution in [1.82, 2.24) is 9.80 Å². The zero-order valence-corrected chi connectivity index (χ0v) is 12.2. The summed E-state index contributed by atoms with van der Waals surface area (Å²) in [5.41, 5.74) is 0. The van der Waals surface area contributed by atoms with E-state index < -0.39 is 5.97 Å². The van der Waals surface area contributed by atoms with E-state index in [9.17, 15) is 4.79 Å². The lowest BCUT2D eigenvalue weighted by Crippen LogP contribution is -2.44. The van der Waals surface area contributed by atoms with Crippen molar-refractivity contribution >= 4 is 5.97 Å². The van der Waals surface area contributed by atoms with E-state index in [-0.39, 0.29) is 0 Å². The van der Waals surface area contributed by atoms with Crippen molar-refractivity contribution in [3.8, 4) is 0 Å². The van der Waals surface area contributed by atoms with E-state index in [0.717, 1.165) is 25.6 Å². The lowest BCUT2D eigenvalue weighted by atomic mass is 9.93. The number of nitrogens with zero attached hydrogens (tertiary/aromatic N) is 2. The molecule has 1 aliphatic carbocycles. The molecule has 2 fully saturated rings. The molecule has 1 N–H and O–H groups in total. The third kappa shape index (κ3) is 4.46. The maximum absolute atomic E-state index is 10.8. The fourth-order valence-corrected chi connectivity index (χ4v) is 3.59. The summed E-state index contributed by atoms with van der Waals surface area (Å²) in [5, 5.41) is 8.88. The predicted molar refractivity (Wildman–Crippen MR) is 76.4 cm³/mol. The fraction of sp³-hybridized carbons (Fsp3) is 0.933. The number of hydrogen-bond donors (Lipinski definition) is 1. The van der Waals surface area contributed by atoms with Gasteiger partial charge >= 0.3 is 5.97 Å². The van der Waals surface area contributed by atoms with Gasteiger partial charge in [-0.15, -0.1) is 0 Å². The molecule has 1 saturated heterocycles. The molecular formula is C15H28N2O2. The van der Waals surface area contributed by atoms with Crippen molar-refractivity contribution in [2.24, 2.45) is 0 Å². The summed E-state index contributed by atoms with van der Waals surface area (Å²) in [6, 6.07) is 1.17. The average Bonchev–Trinajstić information content (AvgIpc) is 2.59. The highest BCUT2D eigenvalue weighted by molar-refractivity contribution is 5.66. The highest BCUT2D eigenvalue weighted by atomic mass is 16.4. The molecule has 0 amide bonds. The first kappa shape index (κ1) is 14.8. The van der Waals surface area contributed by atoms with Crippen LogP contribution in [-0.2, 0) is 4.79 Å². The molecule has 0 spiro atoms. The number of aliphatic carboxylic acids is 1. The normalized spacial score (nSPS) is 28.2. The molecule has 1 atom stereocenters. The number of likely N-dealkylation sites (N-methyl/N-ethyl adjacent to an activating group) is 1. The molecule has 4 heteroatoms. The molecule has 0 aromatic heterocycles. The van der Waals surface area contributed by atoms with Crippen molar-refractivity contribution in [2.75, 3.05) is 26.7 Å². The minimum atomic E-state index is -0.665. The van der Waals surface area contributed by atoms with Crippen LogP contribution in [0.2, 0.25) is 0 Å². The van der Waals surface area contributed by atoms with Gasteiger partial charge in [-0.3, -0.25) is 9.69 Å². The lowest BCUT2D eigenvalue weighted by Gasteiger charge is -2.36. The van der Waals surface area contributed by atoms with E-state index in [1.54, 1.807) is 0 Å². The van der Waals surface area contributed by atoms with E-state index in [4.69, 9.17) is 5.11 Å². The van der Waals surface area contributed by atoms with E-state index >= 15 is 0 Å². The Kier molecular flexibility index (Phi) is 5.64. The summed E-state index contributed by atoms with van der Waals surface area (Å²) in [5.74, 6) is -0.665. The van der Waals surface area contributed by atoms with Gasteiger partial charge in [-0.2, -0.15) is 0 Å². The summed E-state index contributed by atoms with van der Waals surface area (Å²) in [6.45, 7) is 3.36. The average molecular weight is 268 g/mol. The quantitative estimate of drug-likeness (QED) is 0.849. The van der Waals surface area contributed by atoms with Gasteiger partial charge < -0.3 is 10.0 Å². The Labute approximate surface area is 116 Å². The second-order valence-corrected chi connectivity index (χ2v) is 6.21. The van der Waals surface area contributed by atoms with Crippen LogP contribution < -0.4 is 0 Å². The van der Waals surface area contributed by atoms with Crippen molar-refractivity contribution < 1.29 is 9.90 Å². The summed E-state index contributed by atoms with van der Waals surface area (Å²) >= 11 is 0. The van der Waals surface area contributed by atoms with E-state index in [2.05, 4.69) is 16.8 Å². The maximum Gasteiger partial charge on any atom is 0.303 e. The standard InChI is InChI=1S/C15H28N2O2/c1-16-10-5-11-17(13-6-3-2-4-7-13)12-14(16)8-9-15(18)19/h13-14H,2-12H2,1H3,(H,18,19). The predicted octanol–water partition coefficient (Wildman–Crippen LogP) is 2.19. The molecule has 110 valence electrons. The van der Waals surface area contributed by atoms with Crippen LogP contribution in [0.4, 0.5) is 0 Å². The first-order chi connectivity index (χ1) is 9.16. The number of carboxylic acids is 1.